The minimum atomic E-state index is -5.74. The van der Waals surface area contributed by atoms with Crippen molar-refractivity contribution in [2.45, 2.75) is 18.2 Å². The molecule has 0 aromatic carbocycles. The molecule has 20 heteroatoms. The molecule has 2 aromatic heterocycles. The first-order valence-corrected chi connectivity index (χ1v) is 13.1. The molecule has 0 amide bonds. The molecule has 0 saturated carbocycles. The fourth-order valence-corrected chi connectivity index (χ4v) is 6.15. The first-order valence-electron chi connectivity index (χ1n) is 8.61. The molecule has 182 valence electrons. The lowest BCUT2D eigenvalue weighted by Gasteiger charge is -2.27. The van der Waals surface area contributed by atoms with Crippen LogP contribution in [0.15, 0.2) is 12.7 Å². The second kappa shape index (κ2) is 9.10. The molecule has 0 bridgehead atoms. The summed E-state index contributed by atoms with van der Waals surface area (Å²) in [7, 11) is -16.8. The number of phosphoric ester groups is 1. The van der Waals surface area contributed by atoms with E-state index in [-0.39, 0.29) is 23.4 Å². The van der Waals surface area contributed by atoms with E-state index in [1.165, 1.54) is 10.9 Å². The topological polar surface area (TPSA) is 239 Å². The Bertz CT molecular complexity index is 1230. The second-order valence-corrected chi connectivity index (χ2v) is 11.2. The molecular formula is C13H17FN5O11P3. The highest BCUT2D eigenvalue weighted by Crippen LogP contribution is 2.66. The maximum Gasteiger partial charge on any atom is 0.490 e. The van der Waals surface area contributed by atoms with Gasteiger partial charge in [0.2, 0.25) is 0 Å². The van der Waals surface area contributed by atoms with Gasteiger partial charge < -0.3 is 30.0 Å². The van der Waals surface area contributed by atoms with E-state index in [1.54, 1.807) is 0 Å². The van der Waals surface area contributed by atoms with Crippen molar-refractivity contribution in [1.82, 2.24) is 19.5 Å². The molecule has 1 saturated heterocycles. The molecule has 0 radical (unpaired) electrons. The van der Waals surface area contributed by atoms with Crippen molar-refractivity contribution >= 4 is 40.4 Å². The average Bonchev–Trinajstić information content (AvgIpc) is 3.26. The van der Waals surface area contributed by atoms with Gasteiger partial charge >= 0.3 is 23.5 Å². The van der Waals surface area contributed by atoms with Gasteiger partial charge in [-0.15, -0.1) is 6.42 Å². The van der Waals surface area contributed by atoms with E-state index >= 15 is 0 Å². The van der Waals surface area contributed by atoms with Crippen molar-refractivity contribution in [3.63, 3.8) is 0 Å². The molecule has 1 aliphatic heterocycles. The van der Waals surface area contributed by atoms with Gasteiger partial charge in [-0.05, 0) is 6.42 Å². The van der Waals surface area contributed by atoms with E-state index < -0.39 is 54.5 Å². The van der Waals surface area contributed by atoms with Crippen molar-refractivity contribution in [3.8, 4) is 12.3 Å². The van der Waals surface area contributed by atoms with Crippen LogP contribution >= 0.6 is 23.5 Å². The summed E-state index contributed by atoms with van der Waals surface area (Å²) in [5.41, 5.74) is 4.26. The van der Waals surface area contributed by atoms with Gasteiger partial charge in [0.05, 0.1) is 18.9 Å². The molecule has 0 spiro atoms. The third-order valence-corrected chi connectivity index (χ3v) is 8.12. The van der Waals surface area contributed by atoms with Crippen LogP contribution in [0.2, 0.25) is 0 Å². The van der Waals surface area contributed by atoms with Crippen LogP contribution in [-0.2, 0) is 31.6 Å². The van der Waals surface area contributed by atoms with Crippen LogP contribution in [0.25, 0.3) is 11.2 Å². The number of anilines is 1. The number of hydrogen-bond acceptors (Lipinski definition) is 11. The van der Waals surface area contributed by atoms with E-state index in [9.17, 15) is 27.9 Å². The maximum absolute atomic E-state index is 14.0. The standard InChI is InChI=1S/C13H17FN5O11P3/c1-2-8-3-13(4-14,5-27-32(23,24)30-33(25,26)29-31(20,21)22)28-12(8)19-7-18-9-10(15)16-6-17-11(9)19/h1,6-8,12H,3-5H2,(H,23,24)(H,25,26)(H2,15,16,17)(H2,20,21,22)/t8-,12+,13+/m0/s1. The minimum Gasteiger partial charge on any atom is -0.382 e. The number of aromatic nitrogens is 4. The molecule has 33 heavy (non-hydrogen) atoms. The van der Waals surface area contributed by atoms with Crippen LogP contribution < -0.4 is 5.73 Å². The van der Waals surface area contributed by atoms with Crippen molar-refractivity contribution in [2.24, 2.45) is 5.92 Å². The minimum absolute atomic E-state index is 0.0680. The summed E-state index contributed by atoms with van der Waals surface area (Å²) in [5, 5.41) is 0. The first kappa shape index (κ1) is 25.8. The smallest absolute Gasteiger partial charge is 0.382 e. The van der Waals surface area contributed by atoms with Crippen LogP contribution in [-0.4, -0.2) is 58.0 Å². The summed E-state index contributed by atoms with van der Waals surface area (Å²) in [6.45, 7) is -2.28. The summed E-state index contributed by atoms with van der Waals surface area (Å²) in [6.07, 6.45) is 6.67. The maximum atomic E-state index is 14.0. The monoisotopic (exact) mass is 531 g/mol. The van der Waals surface area contributed by atoms with Crippen molar-refractivity contribution in [1.29, 1.82) is 0 Å². The number of ether oxygens (including phenoxy) is 1. The summed E-state index contributed by atoms with van der Waals surface area (Å²) < 4.78 is 67.0. The lowest BCUT2D eigenvalue weighted by Crippen LogP contribution is -2.36. The lowest BCUT2D eigenvalue weighted by molar-refractivity contribution is -0.107. The fourth-order valence-electron chi connectivity index (χ4n) is 3.06. The van der Waals surface area contributed by atoms with E-state index in [2.05, 4.69) is 34.0 Å². The zero-order valence-corrected chi connectivity index (χ0v) is 18.9. The van der Waals surface area contributed by atoms with Crippen LogP contribution in [0.3, 0.4) is 0 Å². The number of nitrogens with two attached hydrogens (primary N) is 1. The number of rotatable bonds is 9. The quantitative estimate of drug-likeness (QED) is 0.220. The molecule has 2 aromatic rings. The molecule has 0 aliphatic carbocycles. The lowest BCUT2D eigenvalue weighted by atomic mass is 9.95. The van der Waals surface area contributed by atoms with E-state index in [0.29, 0.717) is 0 Å². The number of terminal acetylenes is 1. The highest BCUT2D eigenvalue weighted by molar-refractivity contribution is 7.66. The van der Waals surface area contributed by atoms with Crippen LogP contribution in [0.5, 0.6) is 0 Å². The Hall–Kier alpha value is -1.79. The Morgan fingerprint density at radius 3 is 2.55 bits per heavy atom. The number of nitrogen functional groups attached to an aromatic ring is 1. The molecule has 5 atom stereocenters. The highest BCUT2D eigenvalue weighted by Gasteiger charge is 2.50. The fraction of sp³-hybridized carbons (Fsp3) is 0.462. The molecule has 2 unspecified atom stereocenters. The Labute approximate surface area is 184 Å². The second-order valence-electron chi connectivity index (χ2n) is 6.75. The summed E-state index contributed by atoms with van der Waals surface area (Å²) in [6, 6.07) is 0. The molecular weight excluding hydrogens is 514 g/mol. The summed E-state index contributed by atoms with van der Waals surface area (Å²) in [5.74, 6) is 1.67. The van der Waals surface area contributed by atoms with Gasteiger partial charge in [-0.25, -0.2) is 33.0 Å². The Morgan fingerprint density at radius 2 is 1.94 bits per heavy atom. The van der Waals surface area contributed by atoms with Crippen molar-refractivity contribution in [2.75, 3.05) is 19.0 Å². The molecule has 16 nitrogen and oxygen atoms in total. The molecule has 3 rings (SSSR count). The van der Waals surface area contributed by atoms with E-state index in [4.69, 9.17) is 26.7 Å². The molecule has 6 N–H and O–H groups in total. The van der Waals surface area contributed by atoms with Gasteiger partial charge in [-0.2, -0.15) is 8.62 Å². The first-order chi connectivity index (χ1) is 15.2. The van der Waals surface area contributed by atoms with Gasteiger partial charge in [0.25, 0.3) is 0 Å². The summed E-state index contributed by atoms with van der Waals surface area (Å²) in [4.78, 5) is 47.8. The van der Waals surface area contributed by atoms with Gasteiger partial charge in [0.15, 0.2) is 17.7 Å². The normalized spacial score (nSPS) is 27.2. The Morgan fingerprint density at radius 1 is 1.24 bits per heavy atom. The molecule has 3 heterocycles. The molecule has 1 fully saturated rings. The zero-order valence-electron chi connectivity index (χ0n) is 16.2. The number of phosphoric acid groups is 3. The van der Waals surface area contributed by atoms with Gasteiger partial charge in [-0.3, -0.25) is 9.09 Å². The number of imidazole rings is 1. The van der Waals surface area contributed by atoms with Crippen molar-refractivity contribution in [3.05, 3.63) is 12.7 Å². The van der Waals surface area contributed by atoms with E-state index in [1.807, 2.05) is 0 Å². The number of nitrogens with zero attached hydrogens (tertiary/aromatic N) is 4. The number of fused-ring (bicyclic) bond motifs is 1. The third-order valence-electron chi connectivity index (χ3n) is 4.33. The molecule has 1 aliphatic rings. The number of hydrogen-bond donors (Lipinski definition) is 5. The van der Waals surface area contributed by atoms with Gasteiger partial charge in [-0.1, -0.05) is 5.92 Å². The zero-order chi connectivity index (χ0) is 24.7. The predicted molar refractivity (Wildman–Crippen MR) is 105 cm³/mol. The Kier molecular flexibility index (Phi) is 7.12. The summed E-state index contributed by atoms with van der Waals surface area (Å²) >= 11 is 0. The average molecular weight is 531 g/mol. The van der Waals surface area contributed by atoms with Crippen LogP contribution in [0.1, 0.15) is 12.6 Å². The van der Waals surface area contributed by atoms with Gasteiger partial charge in [0.1, 0.15) is 24.1 Å². The van der Waals surface area contributed by atoms with E-state index in [0.717, 1.165) is 6.33 Å². The third kappa shape index (κ3) is 6.02. The van der Waals surface area contributed by atoms with Gasteiger partial charge in [0, 0.05) is 0 Å². The Balaban J connectivity index is 1.79. The predicted octanol–water partition coefficient (Wildman–Crippen LogP) is 0.628. The van der Waals surface area contributed by atoms with Crippen molar-refractivity contribution < 1.29 is 55.5 Å². The van der Waals surface area contributed by atoms with Crippen LogP contribution in [0.4, 0.5) is 10.2 Å². The van der Waals surface area contributed by atoms with Crippen LogP contribution in [0, 0.1) is 18.3 Å². The number of halogens is 1. The highest BCUT2D eigenvalue weighted by atomic mass is 31.3. The number of alkyl halides is 1. The largest absolute Gasteiger partial charge is 0.490 e. The SMILES string of the molecule is C#C[C@H]1C[C@@](CF)(COP(=O)(O)OP(=O)(O)OP(=O)(O)O)O[C@H]1n1cnc2c(N)ncnc21.